The Morgan fingerprint density at radius 2 is 1.59 bits per heavy atom. The van der Waals surface area contributed by atoms with Crippen molar-refractivity contribution in [1.29, 1.82) is 0 Å². The molecule has 1 aliphatic rings. The van der Waals surface area contributed by atoms with E-state index in [0.29, 0.717) is 29.5 Å². The molecule has 0 radical (unpaired) electrons. The number of nitrogens with one attached hydrogen (secondary N) is 1. The molecule has 3 amide bonds. The molecule has 0 saturated carbocycles. The first-order chi connectivity index (χ1) is 13.4. The van der Waals surface area contributed by atoms with Crippen LogP contribution in [0.2, 0.25) is 0 Å². The summed E-state index contributed by atoms with van der Waals surface area (Å²) < 4.78 is 0. The zero-order valence-corrected chi connectivity index (χ0v) is 17.7. The van der Waals surface area contributed by atoms with Crippen LogP contribution in [0, 0.1) is 0 Å². The second-order valence-electron chi connectivity index (χ2n) is 7.42. The van der Waals surface area contributed by atoms with E-state index in [1.165, 1.54) is 4.90 Å². The van der Waals surface area contributed by atoms with Crippen LogP contribution < -0.4 is 11.1 Å². The molecule has 29 heavy (non-hydrogen) atoms. The number of hydrogen-bond donors (Lipinski definition) is 2. The van der Waals surface area contributed by atoms with Crippen LogP contribution in [0.25, 0.3) is 10.8 Å². The van der Waals surface area contributed by atoms with Gasteiger partial charge in [0.25, 0.3) is 11.8 Å². The van der Waals surface area contributed by atoms with Crippen molar-refractivity contribution in [3.63, 3.8) is 0 Å². The highest BCUT2D eigenvalue weighted by Crippen LogP contribution is 2.30. The van der Waals surface area contributed by atoms with E-state index < -0.39 is 5.54 Å². The third-order valence-electron chi connectivity index (χ3n) is 5.69. The summed E-state index contributed by atoms with van der Waals surface area (Å²) >= 11 is 0. The molecule has 6 nitrogen and oxygen atoms in total. The van der Waals surface area contributed by atoms with Crippen LogP contribution in [0.5, 0.6) is 0 Å². The van der Waals surface area contributed by atoms with Gasteiger partial charge in [-0.2, -0.15) is 0 Å². The number of carbonyl (C=O) groups is 3. The topological polar surface area (TPSA) is 92.5 Å². The highest BCUT2D eigenvalue weighted by atomic mass is 35.5. The van der Waals surface area contributed by atoms with Crippen molar-refractivity contribution in [1.82, 2.24) is 10.2 Å². The zero-order valence-electron chi connectivity index (χ0n) is 16.9. The van der Waals surface area contributed by atoms with E-state index in [4.69, 9.17) is 5.73 Å². The average molecular weight is 418 g/mol. The standard InChI is InChI=1S/C22H27N3O3.ClH/c1-3-22(23,4-2)14-24-18(26)12-7-13-25-20(27)16-10-5-8-15-9-6-11-17(19(15)16)21(25)28;/h5-6,8-11H,3-4,7,12-14,23H2,1-2H3,(H,24,26);1H. The lowest BCUT2D eigenvalue weighted by Gasteiger charge is -2.28. The summed E-state index contributed by atoms with van der Waals surface area (Å²) in [5, 5.41) is 4.46. The average Bonchev–Trinajstić information content (AvgIpc) is 2.72. The molecule has 0 fully saturated rings. The van der Waals surface area contributed by atoms with Crippen molar-refractivity contribution in [2.75, 3.05) is 13.1 Å². The lowest BCUT2D eigenvalue weighted by Crippen LogP contribution is -2.49. The largest absolute Gasteiger partial charge is 0.354 e. The normalized spacial score (nSPS) is 13.4. The van der Waals surface area contributed by atoms with E-state index in [0.717, 1.165) is 18.2 Å². The van der Waals surface area contributed by atoms with Gasteiger partial charge in [0.2, 0.25) is 5.91 Å². The molecule has 2 aromatic rings. The van der Waals surface area contributed by atoms with E-state index in [9.17, 15) is 14.4 Å². The van der Waals surface area contributed by atoms with Gasteiger partial charge in [-0.3, -0.25) is 19.3 Å². The van der Waals surface area contributed by atoms with Gasteiger partial charge in [-0.25, -0.2) is 0 Å². The summed E-state index contributed by atoms with van der Waals surface area (Å²) in [5.74, 6) is -0.712. The maximum Gasteiger partial charge on any atom is 0.261 e. The number of rotatable bonds is 8. The van der Waals surface area contributed by atoms with Gasteiger partial charge in [0.1, 0.15) is 0 Å². The van der Waals surface area contributed by atoms with Crippen molar-refractivity contribution in [3.05, 3.63) is 47.5 Å². The molecule has 3 rings (SSSR count). The van der Waals surface area contributed by atoms with Crippen molar-refractivity contribution < 1.29 is 14.4 Å². The van der Waals surface area contributed by atoms with Crippen molar-refractivity contribution in [2.45, 2.75) is 45.1 Å². The fourth-order valence-electron chi connectivity index (χ4n) is 3.54. The summed E-state index contributed by atoms with van der Waals surface area (Å²) in [6, 6.07) is 10.9. The molecule has 0 aliphatic carbocycles. The Morgan fingerprint density at radius 3 is 2.10 bits per heavy atom. The molecule has 7 heteroatoms. The van der Waals surface area contributed by atoms with Crippen molar-refractivity contribution in [3.8, 4) is 0 Å². The Morgan fingerprint density at radius 1 is 1.03 bits per heavy atom. The minimum atomic E-state index is -0.392. The Bertz CT molecular complexity index is 874. The maximum atomic E-state index is 12.8. The third kappa shape index (κ3) is 4.60. The Labute approximate surface area is 177 Å². The summed E-state index contributed by atoms with van der Waals surface area (Å²) in [5.41, 5.74) is 6.88. The lowest BCUT2D eigenvalue weighted by atomic mass is 9.94. The molecule has 156 valence electrons. The Balaban J connectivity index is 0.00000300. The van der Waals surface area contributed by atoms with Gasteiger partial charge in [-0.15, -0.1) is 12.4 Å². The fourth-order valence-corrected chi connectivity index (χ4v) is 3.54. The molecule has 2 aromatic carbocycles. The van der Waals surface area contributed by atoms with Crippen LogP contribution >= 0.6 is 12.4 Å². The number of hydrogen-bond acceptors (Lipinski definition) is 4. The van der Waals surface area contributed by atoms with Gasteiger partial charge in [0.05, 0.1) is 0 Å². The number of nitrogens with zero attached hydrogens (tertiary/aromatic N) is 1. The number of carbonyl (C=O) groups excluding carboxylic acids is 3. The van der Waals surface area contributed by atoms with Gasteiger partial charge in [0, 0.05) is 41.6 Å². The van der Waals surface area contributed by atoms with E-state index in [1.807, 2.05) is 38.1 Å². The second-order valence-corrected chi connectivity index (χ2v) is 7.42. The van der Waals surface area contributed by atoms with Gasteiger partial charge in [-0.05, 0) is 36.8 Å². The Kier molecular flexibility index (Phi) is 7.38. The maximum absolute atomic E-state index is 12.8. The summed E-state index contributed by atoms with van der Waals surface area (Å²) in [7, 11) is 0. The third-order valence-corrected chi connectivity index (χ3v) is 5.69. The zero-order chi connectivity index (χ0) is 20.3. The highest BCUT2D eigenvalue weighted by molar-refractivity contribution is 6.25. The van der Waals surface area contributed by atoms with Gasteiger partial charge >= 0.3 is 0 Å². The number of imide groups is 1. The van der Waals surface area contributed by atoms with E-state index in [-0.39, 0.29) is 43.1 Å². The van der Waals surface area contributed by atoms with Crippen LogP contribution in [0.15, 0.2) is 36.4 Å². The summed E-state index contributed by atoms with van der Waals surface area (Å²) in [4.78, 5) is 39.0. The van der Waals surface area contributed by atoms with E-state index in [1.54, 1.807) is 12.1 Å². The van der Waals surface area contributed by atoms with Gasteiger partial charge in [-0.1, -0.05) is 38.1 Å². The van der Waals surface area contributed by atoms with Crippen LogP contribution in [-0.2, 0) is 4.79 Å². The lowest BCUT2D eigenvalue weighted by molar-refractivity contribution is -0.121. The molecule has 0 atom stereocenters. The SMILES string of the molecule is CCC(N)(CC)CNC(=O)CCCN1C(=O)c2cccc3cccc(c23)C1=O.Cl. The van der Waals surface area contributed by atoms with Crippen molar-refractivity contribution in [2.24, 2.45) is 5.73 Å². The number of nitrogens with two attached hydrogens (primary N) is 1. The first-order valence-corrected chi connectivity index (χ1v) is 9.83. The Hall–Kier alpha value is -2.44. The number of amides is 3. The number of halogens is 1. The first kappa shape index (κ1) is 22.8. The molecule has 1 heterocycles. The summed E-state index contributed by atoms with van der Waals surface area (Å²) in [6.45, 7) is 4.64. The molecule has 0 aromatic heterocycles. The van der Waals surface area contributed by atoms with Crippen molar-refractivity contribution >= 4 is 40.9 Å². The molecule has 0 unspecified atom stereocenters. The van der Waals surface area contributed by atoms with Crippen LogP contribution in [-0.4, -0.2) is 41.2 Å². The molecule has 0 bridgehead atoms. The molecular formula is C22H28ClN3O3. The van der Waals surface area contributed by atoms with Gasteiger partial charge < -0.3 is 11.1 Å². The monoisotopic (exact) mass is 417 g/mol. The molecule has 3 N–H and O–H groups in total. The molecule has 0 spiro atoms. The predicted octanol–water partition coefficient (Wildman–Crippen LogP) is 3.27. The summed E-state index contributed by atoms with van der Waals surface area (Å²) in [6.07, 6.45) is 2.22. The smallest absolute Gasteiger partial charge is 0.261 e. The molecule has 1 aliphatic heterocycles. The molecule has 0 saturated heterocycles. The quantitative estimate of drug-likeness (QED) is 0.644. The van der Waals surface area contributed by atoms with Gasteiger partial charge in [0.15, 0.2) is 0 Å². The van der Waals surface area contributed by atoms with Crippen LogP contribution in [0.1, 0.15) is 60.2 Å². The van der Waals surface area contributed by atoms with E-state index in [2.05, 4.69) is 5.32 Å². The second kappa shape index (κ2) is 9.37. The number of benzene rings is 2. The first-order valence-electron chi connectivity index (χ1n) is 9.83. The highest BCUT2D eigenvalue weighted by Gasteiger charge is 2.32. The minimum absolute atomic E-state index is 0. The van der Waals surface area contributed by atoms with Crippen LogP contribution in [0.4, 0.5) is 0 Å². The van der Waals surface area contributed by atoms with Crippen LogP contribution in [0.3, 0.4) is 0 Å². The molecular weight excluding hydrogens is 390 g/mol. The fraction of sp³-hybridized carbons (Fsp3) is 0.409. The van der Waals surface area contributed by atoms with E-state index >= 15 is 0 Å². The minimum Gasteiger partial charge on any atom is -0.354 e. The predicted molar refractivity (Wildman–Crippen MR) is 116 cm³/mol.